The maximum Gasteiger partial charge on any atom is 0.339 e. The number of rotatable bonds is 5. The van der Waals surface area contributed by atoms with Crippen molar-refractivity contribution in [2.45, 2.75) is 4.90 Å². The van der Waals surface area contributed by atoms with Crippen LogP contribution < -0.4 is 9.46 Å². The zero-order chi connectivity index (χ0) is 18.6. The van der Waals surface area contributed by atoms with Crippen LogP contribution in [0.25, 0.3) is 0 Å². The number of ether oxygens (including phenoxy) is 2. The van der Waals surface area contributed by atoms with E-state index >= 15 is 0 Å². The molecule has 0 aliphatic heterocycles. The van der Waals surface area contributed by atoms with Crippen molar-refractivity contribution in [2.24, 2.45) is 0 Å². The lowest BCUT2D eigenvalue weighted by Crippen LogP contribution is -2.32. The molecule has 1 heterocycles. The third kappa shape index (κ3) is 4.15. The molecular weight excluding hydrogens is 416 g/mol. The Kier molecular flexibility index (Phi) is 5.75. The summed E-state index contributed by atoms with van der Waals surface area (Å²) in [4.78, 5) is 27.5. The highest BCUT2D eigenvalue weighted by atomic mass is 79.9. The zero-order valence-corrected chi connectivity index (χ0v) is 15.5. The molecular formula is C15H13BrN2O6S. The molecule has 0 saturated carbocycles. The van der Waals surface area contributed by atoms with Crippen LogP contribution in [0, 0.1) is 0 Å². The molecule has 0 unspecified atom stereocenters. The summed E-state index contributed by atoms with van der Waals surface area (Å²) in [5, 5.41) is 0. The normalized spacial score (nSPS) is 10.8. The van der Waals surface area contributed by atoms with E-state index in [1.165, 1.54) is 43.5 Å². The SMILES string of the molecule is COC(=O)c1ccccc1S(=O)(=O)NC(=O)c1ccc(OC)c(Br)n1. The standard InChI is InChI=1S/C15H13BrN2O6S/c1-23-11-8-7-10(17-13(11)16)14(19)18-25(21,22)12-6-4-3-5-9(12)15(20)24-2/h3-8H,1-2H3,(H,18,19). The van der Waals surface area contributed by atoms with Gasteiger partial charge in [-0.3, -0.25) is 4.79 Å². The van der Waals surface area contributed by atoms with Crippen LogP contribution in [0.5, 0.6) is 5.75 Å². The lowest BCUT2D eigenvalue weighted by Gasteiger charge is -2.10. The Balaban J connectivity index is 2.35. The minimum Gasteiger partial charge on any atom is -0.494 e. The monoisotopic (exact) mass is 428 g/mol. The average Bonchev–Trinajstić information content (AvgIpc) is 2.60. The first kappa shape index (κ1) is 18.9. The van der Waals surface area contributed by atoms with E-state index in [1.807, 2.05) is 4.72 Å². The predicted molar refractivity (Wildman–Crippen MR) is 90.9 cm³/mol. The van der Waals surface area contributed by atoms with Crippen LogP contribution >= 0.6 is 15.9 Å². The largest absolute Gasteiger partial charge is 0.494 e. The van der Waals surface area contributed by atoms with E-state index in [-0.39, 0.29) is 20.8 Å². The van der Waals surface area contributed by atoms with Crippen LogP contribution in [0.3, 0.4) is 0 Å². The van der Waals surface area contributed by atoms with Crippen molar-refractivity contribution in [1.82, 2.24) is 9.71 Å². The van der Waals surface area contributed by atoms with E-state index in [0.29, 0.717) is 5.75 Å². The Morgan fingerprint density at radius 2 is 1.80 bits per heavy atom. The van der Waals surface area contributed by atoms with Crippen molar-refractivity contribution in [3.8, 4) is 5.75 Å². The Morgan fingerprint density at radius 3 is 2.40 bits per heavy atom. The Bertz CT molecular complexity index is 929. The van der Waals surface area contributed by atoms with E-state index in [2.05, 4.69) is 25.7 Å². The summed E-state index contributed by atoms with van der Waals surface area (Å²) in [6.45, 7) is 0. The third-order valence-corrected chi connectivity index (χ3v) is 5.03. The van der Waals surface area contributed by atoms with Crippen LogP contribution in [0.4, 0.5) is 0 Å². The number of sulfonamides is 1. The molecule has 132 valence electrons. The second-order valence-electron chi connectivity index (χ2n) is 4.61. The number of esters is 1. The van der Waals surface area contributed by atoms with Gasteiger partial charge < -0.3 is 9.47 Å². The highest BCUT2D eigenvalue weighted by Crippen LogP contribution is 2.22. The first-order chi connectivity index (χ1) is 11.8. The lowest BCUT2D eigenvalue weighted by atomic mass is 10.2. The Labute approximate surface area is 152 Å². The molecule has 1 amide bonds. The molecule has 0 radical (unpaired) electrons. The highest BCUT2D eigenvalue weighted by molar-refractivity contribution is 9.10. The van der Waals surface area contributed by atoms with Crippen molar-refractivity contribution in [3.63, 3.8) is 0 Å². The van der Waals surface area contributed by atoms with Gasteiger partial charge in [-0.15, -0.1) is 0 Å². The second kappa shape index (κ2) is 7.62. The molecule has 25 heavy (non-hydrogen) atoms. The molecule has 1 aromatic carbocycles. The number of nitrogens with zero attached hydrogens (tertiary/aromatic N) is 1. The van der Waals surface area contributed by atoms with Crippen molar-refractivity contribution >= 4 is 37.8 Å². The summed E-state index contributed by atoms with van der Waals surface area (Å²) in [7, 11) is -1.75. The van der Waals surface area contributed by atoms with Gasteiger partial charge in [-0.2, -0.15) is 0 Å². The van der Waals surface area contributed by atoms with Crippen molar-refractivity contribution < 1.29 is 27.5 Å². The Morgan fingerprint density at radius 1 is 1.12 bits per heavy atom. The van der Waals surface area contributed by atoms with Crippen LogP contribution in [0.2, 0.25) is 0 Å². The van der Waals surface area contributed by atoms with Crippen molar-refractivity contribution in [2.75, 3.05) is 14.2 Å². The third-order valence-electron chi connectivity index (χ3n) is 3.08. The number of hydrogen-bond acceptors (Lipinski definition) is 7. The summed E-state index contributed by atoms with van der Waals surface area (Å²) in [5.41, 5.74) is -0.332. The van der Waals surface area contributed by atoms with Gasteiger partial charge in [0.2, 0.25) is 0 Å². The first-order valence-electron chi connectivity index (χ1n) is 6.75. The molecule has 0 aliphatic carbocycles. The van der Waals surface area contributed by atoms with Crippen molar-refractivity contribution in [3.05, 3.63) is 52.3 Å². The van der Waals surface area contributed by atoms with E-state index < -0.39 is 21.9 Å². The summed E-state index contributed by atoms with van der Waals surface area (Å²) >= 11 is 3.11. The number of aromatic nitrogens is 1. The van der Waals surface area contributed by atoms with Crippen LogP contribution in [0.15, 0.2) is 45.9 Å². The van der Waals surface area contributed by atoms with Gasteiger partial charge in [0.05, 0.1) is 19.8 Å². The maximum atomic E-state index is 12.5. The molecule has 2 rings (SSSR count). The van der Waals surface area contributed by atoms with Gasteiger partial charge >= 0.3 is 5.97 Å². The Hall–Kier alpha value is -2.46. The van der Waals surface area contributed by atoms with Crippen LogP contribution in [-0.2, 0) is 14.8 Å². The van der Waals surface area contributed by atoms with E-state index in [9.17, 15) is 18.0 Å². The smallest absolute Gasteiger partial charge is 0.339 e. The fourth-order valence-corrected chi connectivity index (χ4v) is 3.55. The molecule has 0 spiro atoms. The number of hydrogen-bond donors (Lipinski definition) is 1. The predicted octanol–water partition coefficient (Wildman–Crippen LogP) is 1.76. The minimum absolute atomic E-state index is 0.146. The molecule has 0 aliphatic rings. The van der Waals surface area contributed by atoms with E-state index in [1.54, 1.807) is 0 Å². The number of benzene rings is 1. The summed E-state index contributed by atoms with van der Waals surface area (Å²) < 4.78 is 36.6. The van der Waals surface area contributed by atoms with Crippen LogP contribution in [0.1, 0.15) is 20.8 Å². The molecule has 2 aromatic rings. The van der Waals surface area contributed by atoms with Gasteiger partial charge in [-0.05, 0) is 40.2 Å². The zero-order valence-electron chi connectivity index (χ0n) is 13.1. The number of halogens is 1. The number of carbonyl (C=O) groups is 2. The van der Waals surface area contributed by atoms with Crippen LogP contribution in [-0.4, -0.2) is 39.5 Å². The van der Waals surface area contributed by atoms with Gasteiger partial charge in [0.25, 0.3) is 15.9 Å². The number of amides is 1. The number of nitrogens with one attached hydrogen (secondary N) is 1. The quantitative estimate of drug-likeness (QED) is 0.570. The highest BCUT2D eigenvalue weighted by Gasteiger charge is 2.25. The fraction of sp³-hybridized carbons (Fsp3) is 0.133. The average molecular weight is 429 g/mol. The summed E-state index contributed by atoms with van der Waals surface area (Å²) in [5.74, 6) is -1.41. The molecule has 0 bridgehead atoms. The molecule has 0 atom stereocenters. The summed E-state index contributed by atoms with van der Waals surface area (Å²) in [6.07, 6.45) is 0. The topological polar surface area (TPSA) is 112 Å². The lowest BCUT2D eigenvalue weighted by molar-refractivity contribution is 0.0596. The molecule has 8 nitrogen and oxygen atoms in total. The maximum absolute atomic E-state index is 12.5. The molecule has 1 aromatic heterocycles. The van der Waals surface area contributed by atoms with Crippen molar-refractivity contribution in [1.29, 1.82) is 0 Å². The van der Waals surface area contributed by atoms with Gasteiger partial charge in [-0.1, -0.05) is 12.1 Å². The van der Waals surface area contributed by atoms with E-state index in [4.69, 9.17) is 4.74 Å². The van der Waals surface area contributed by atoms with Gasteiger partial charge in [0.1, 0.15) is 15.2 Å². The van der Waals surface area contributed by atoms with Gasteiger partial charge in [0, 0.05) is 0 Å². The van der Waals surface area contributed by atoms with Gasteiger partial charge in [0.15, 0.2) is 5.75 Å². The first-order valence-corrected chi connectivity index (χ1v) is 9.02. The molecule has 1 N–H and O–H groups in total. The number of pyridine rings is 1. The number of carbonyl (C=O) groups excluding carboxylic acids is 2. The molecule has 10 heteroatoms. The minimum atomic E-state index is -4.31. The molecule has 0 fully saturated rings. The van der Waals surface area contributed by atoms with Gasteiger partial charge in [-0.25, -0.2) is 22.9 Å². The fourth-order valence-electron chi connectivity index (χ4n) is 1.91. The second-order valence-corrected chi connectivity index (χ2v) is 7.01. The van der Waals surface area contributed by atoms with E-state index in [0.717, 1.165) is 7.11 Å². The molecule has 0 saturated heterocycles. The number of methoxy groups -OCH3 is 2. The summed E-state index contributed by atoms with van der Waals surface area (Å²) in [6, 6.07) is 8.15.